The van der Waals surface area contributed by atoms with Crippen molar-refractivity contribution in [2.24, 2.45) is 0 Å². The Labute approximate surface area is 189 Å². The molecule has 2 nitrogen and oxygen atoms in total. The molecular weight excluding hydrogens is 416 g/mol. The topological polar surface area (TPSA) is 18.5 Å². The van der Waals surface area contributed by atoms with Crippen molar-refractivity contribution in [3.8, 4) is 11.5 Å². The zero-order valence-corrected chi connectivity index (χ0v) is 19.7. The molecule has 0 aliphatic carbocycles. The molecule has 4 aromatic carbocycles. The van der Waals surface area contributed by atoms with Gasteiger partial charge in [-0.3, -0.25) is 0 Å². The molecule has 0 aromatic heterocycles. The number of hydrogen-bond acceptors (Lipinski definition) is 2. The zero-order chi connectivity index (χ0) is 21.5. The number of hydrogen-bond donors (Lipinski definition) is 0. The second-order valence-corrected chi connectivity index (χ2v) is 12.7. The van der Waals surface area contributed by atoms with Crippen LogP contribution >= 0.6 is 0 Å². The molecule has 0 amide bonds. The van der Waals surface area contributed by atoms with Crippen LogP contribution in [-0.4, -0.2) is 0 Å². The Hall–Kier alpha value is -2.81. The van der Waals surface area contributed by atoms with E-state index in [4.69, 9.17) is 6.64 Å². The number of benzene rings is 4. The third-order valence-electron chi connectivity index (χ3n) is 5.28. The van der Waals surface area contributed by atoms with Crippen LogP contribution in [0.1, 0.15) is 22.3 Å². The molecule has 0 aliphatic rings. The van der Waals surface area contributed by atoms with Crippen LogP contribution < -0.4 is 6.64 Å². The van der Waals surface area contributed by atoms with Crippen molar-refractivity contribution in [2.45, 2.75) is 23.3 Å². The third-order valence-corrected chi connectivity index (χ3v) is 10.1. The second kappa shape index (κ2) is 10.0. The monoisotopic (exact) mass is 444 g/mol. The molecule has 0 radical (unpaired) electrons. The minimum atomic E-state index is -3.46. The standard InChI is InChI=1S/2C7H8O.2C7H7.Ti/c2*1-6-2-4-7(8)5-3-6;2*1-7-5-3-2-4-6-7;/h2*2-5,8H,1H3;2*2-6H,1H2;/q;;;;+2/p-2. The van der Waals surface area contributed by atoms with E-state index >= 15 is 0 Å². The molecule has 4 aromatic rings. The van der Waals surface area contributed by atoms with Gasteiger partial charge in [0.25, 0.3) is 0 Å². The fourth-order valence-electron chi connectivity index (χ4n) is 3.68. The van der Waals surface area contributed by atoms with Crippen molar-refractivity contribution >= 4 is 0 Å². The van der Waals surface area contributed by atoms with Gasteiger partial charge in [0, 0.05) is 0 Å². The van der Waals surface area contributed by atoms with E-state index in [1.807, 2.05) is 0 Å². The first-order valence-electron chi connectivity index (χ1n) is 10.7. The van der Waals surface area contributed by atoms with Gasteiger partial charge in [-0.15, -0.1) is 0 Å². The molecule has 0 saturated carbocycles. The van der Waals surface area contributed by atoms with Crippen molar-refractivity contribution in [2.75, 3.05) is 0 Å². The van der Waals surface area contributed by atoms with Crippen LogP contribution in [0.25, 0.3) is 0 Å². The molecule has 3 heteroatoms. The van der Waals surface area contributed by atoms with E-state index in [-0.39, 0.29) is 0 Å². The fourth-order valence-corrected chi connectivity index (χ4v) is 8.84. The van der Waals surface area contributed by atoms with Gasteiger partial charge in [-0.25, -0.2) is 0 Å². The van der Waals surface area contributed by atoms with Crippen molar-refractivity contribution in [1.29, 1.82) is 0 Å². The molecule has 31 heavy (non-hydrogen) atoms. The fraction of sp³-hybridized carbons (Fsp3) is 0.143. The Morgan fingerprint density at radius 2 is 0.839 bits per heavy atom. The zero-order valence-electron chi connectivity index (χ0n) is 18.1. The SMILES string of the molecule is Cc1ccc([O][Ti]([CH2]c2ccccc2)([CH2]c2ccccc2)[O]c2ccc(C)cc2)cc1. The van der Waals surface area contributed by atoms with Crippen molar-refractivity contribution in [1.82, 2.24) is 0 Å². The van der Waals surface area contributed by atoms with Gasteiger partial charge in [0.2, 0.25) is 0 Å². The summed E-state index contributed by atoms with van der Waals surface area (Å²) in [4.78, 5) is 0. The van der Waals surface area contributed by atoms with Crippen LogP contribution in [0.4, 0.5) is 0 Å². The summed E-state index contributed by atoms with van der Waals surface area (Å²) in [7, 11) is 0. The first-order valence-corrected chi connectivity index (χ1v) is 14.2. The quantitative estimate of drug-likeness (QED) is 0.269. The maximum absolute atomic E-state index is 6.86. The van der Waals surface area contributed by atoms with Crippen LogP contribution in [0.15, 0.2) is 109 Å². The molecule has 0 N–H and O–H groups in total. The molecule has 0 saturated heterocycles. The average Bonchev–Trinajstić information content (AvgIpc) is 2.78. The average molecular weight is 444 g/mol. The molecule has 156 valence electrons. The van der Waals surface area contributed by atoms with Crippen LogP contribution in [0.5, 0.6) is 11.5 Å². The molecule has 0 aliphatic heterocycles. The molecule has 0 bridgehead atoms. The summed E-state index contributed by atoms with van der Waals surface area (Å²) in [5.41, 5.74) is 4.93. The second-order valence-electron chi connectivity index (χ2n) is 8.07. The van der Waals surface area contributed by atoms with E-state index < -0.39 is 17.4 Å². The Balaban J connectivity index is 1.76. The summed E-state index contributed by atoms with van der Waals surface area (Å²) in [6, 6.07) is 37.7. The van der Waals surface area contributed by atoms with Gasteiger partial charge in [0.15, 0.2) is 0 Å². The van der Waals surface area contributed by atoms with Crippen molar-refractivity contribution in [3.05, 3.63) is 131 Å². The third kappa shape index (κ3) is 6.10. The summed E-state index contributed by atoms with van der Waals surface area (Å²) >= 11 is -3.46. The van der Waals surface area contributed by atoms with Crippen molar-refractivity contribution in [3.63, 3.8) is 0 Å². The summed E-state index contributed by atoms with van der Waals surface area (Å²) in [5, 5.41) is 0. The molecule has 0 unspecified atom stereocenters. The van der Waals surface area contributed by atoms with Crippen molar-refractivity contribution < 1.29 is 24.0 Å². The first kappa shape index (κ1) is 21.4. The Morgan fingerprint density at radius 3 is 1.19 bits per heavy atom. The van der Waals surface area contributed by atoms with Crippen LogP contribution in [-0.2, 0) is 26.8 Å². The number of aryl methyl sites for hydroxylation is 2. The molecule has 0 atom stereocenters. The van der Waals surface area contributed by atoms with Gasteiger partial charge in [-0.2, -0.15) is 0 Å². The van der Waals surface area contributed by atoms with E-state index in [0.29, 0.717) is 0 Å². The summed E-state index contributed by atoms with van der Waals surface area (Å²) in [5.74, 6) is 1.76. The summed E-state index contributed by atoms with van der Waals surface area (Å²) in [6.07, 6.45) is 0. The van der Waals surface area contributed by atoms with Crippen LogP contribution in [0.2, 0.25) is 0 Å². The minimum absolute atomic E-state index is 0.803. The van der Waals surface area contributed by atoms with E-state index in [0.717, 1.165) is 21.0 Å². The van der Waals surface area contributed by atoms with Gasteiger partial charge in [-0.05, 0) is 0 Å². The Bertz CT molecular complexity index is 984. The van der Waals surface area contributed by atoms with Gasteiger partial charge in [0.1, 0.15) is 0 Å². The first-order chi connectivity index (χ1) is 15.1. The Morgan fingerprint density at radius 1 is 0.484 bits per heavy atom. The van der Waals surface area contributed by atoms with Crippen LogP contribution in [0.3, 0.4) is 0 Å². The van der Waals surface area contributed by atoms with Gasteiger partial charge >= 0.3 is 190 Å². The molecule has 4 rings (SSSR count). The predicted octanol–water partition coefficient (Wildman–Crippen LogP) is 7.15. The Kier molecular flexibility index (Phi) is 6.91. The molecular formula is C28H28O2Ti. The predicted molar refractivity (Wildman–Crippen MR) is 124 cm³/mol. The molecule has 0 heterocycles. The van der Waals surface area contributed by atoms with E-state index in [1.54, 1.807) is 0 Å². The summed E-state index contributed by atoms with van der Waals surface area (Å²) in [6.45, 7) is 4.18. The van der Waals surface area contributed by atoms with E-state index in [1.165, 1.54) is 22.3 Å². The van der Waals surface area contributed by atoms with Gasteiger partial charge < -0.3 is 0 Å². The van der Waals surface area contributed by atoms with Gasteiger partial charge in [-0.1, -0.05) is 0 Å². The molecule has 0 fully saturated rings. The molecule has 0 spiro atoms. The van der Waals surface area contributed by atoms with E-state index in [9.17, 15) is 0 Å². The number of rotatable bonds is 8. The van der Waals surface area contributed by atoms with Gasteiger partial charge in [0.05, 0.1) is 0 Å². The summed E-state index contributed by atoms with van der Waals surface area (Å²) < 4.78 is 15.3. The van der Waals surface area contributed by atoms with Crippen LogP contribution in [0, 0.1) is 13.8 Å². The normalized spacial score (nSPS) is 11.2. The van der Waals surface area contributed by atoms with E-state index in [2.05, 4.69) is 123 Å². The maximum atomic E-state index is 6.86.